The average Bonchev–Trinajstić information content (AvgIpc) is 3.26. The van der Waals surface area contributed by atoms with Crippen molar-refractivity contribution in [2.75, 3.05) is 6.61 Å². The second-order valence-electron chi connectivity index (χ2n) is 8.35. The van der Waals surface area contributed by atoms with Crippen LogP contribution in [0.25, 0.3) is 5.70 Å². The molecule has 0 fully saturated rings. The third-order valence-corrected chi connectivity index (χ3v) is 7.04. The van der Waals surface area contributed by atoms with Gasteiger partial charge in [-0.3, -0.25) is 4.79 Å². The summed E-state index contributed by atoms with van der Waals surface area (Å²) >= 11 is 7.64. The predicted molar refractivity (Wildman–Crippen MR) is 142 cm³/mol. The molecule has 0 aromatic heterocycles. The number of rotatable bonds is 8. The number of hydrogen-bond donors (Lipinski definition) is 1. The van der Waals surface area contributed by atoms with Gasteiger partial charge in [0.2, 0.25) is 5.91 Å². The summed E-state index contributed by atoms with van der Waals surface area (Å²) in [4.78, 5) is 33.1. The number of nitrogens with zero attached hydrogens (tertiary/aromatic N) is 2. The van der Waals surface area contributed by atoms with Crippen molar-refractivity contribution in [3.05, 3.63) is 87.4 Å². The van der Waals surface area contributed by atoms with E-state index in [1.165, 1.54) is 11.8 Å². The van der Waals surface area contributed by atoms with Gasteiger partial charge in [0, 0.05) is 22.3 Å². The number of carbonyl (C=O) groups excluding carboxylic acids is 2. The number of fused-ring (bicyclic) bond motifs is 1. The molecule has 2 aliphatic rings. The highest BCUT2D eigenvalue weighted by atomic mass is 35.5. The van der Waals surface area contributed by atoms with Crippen molar-refractivity contribution in [1.82, 2.24) is 10.2 Å². The predicted octanol–water partition coefficient (Wildman–Crippen LogP) is 5.92. The fourth-order valence-electron chi connectivity index (χ4n) is 4.04. The molecule has 0 saturated carbocycles. The summed E-state index contributed by atoms with van der Waals surface area (Å²) in [5, 5.41) is 6.28. The molecule has 2 aromatic carbocycles. The molecule has 182 valence electrons. The summed E-state index contributed by atoms with van der Waals surface area (Å²) in [7, 11) is 0. The number of aliphatic imine (C=N–C) groups is 1. The van der Waals surface area contributed by atoms with Crippen LogP contribution in [0.5, 0.6) is 0 Å². The lowest BCUT2D eigenvalue weighted by atomic mass is 9.91. The minimum atomic E-state index is -0.522. The molecule has 0 unspecified atom stereocenters. The van der Waals surface area contributed by atoms with E-state index in [-0.39, 0.29) is 25.0 Å². The highest BCUT2D eigenvalue weighted by Gasteiger charge is 2.42. The topological polar surface area (TPSA) is 71.0 Å². The molecule has 4 rings (SSSR count). The van der Waals surface area contributed by atoms with E-state index >= 15 is 0 Å². The molecule has 2 atom stereocenters. The Balaban J connectivity index is 1.83. The molecule has 6 nitrogen and oxygen atoms in total. The second-order valence-corrected chi connectivity index (χ2v) is 9.62. The second kappa shape index (κ2) is 11.1. The van der Waals surface area contributed by atoms with Crippen molar-refractivity contribution in [1.29, 1.82) is 0 Å². The van der Waals surface area contributed by atoms with Crippen molar-refractivity contribution in [2.24, 2.45) is 4.99 Å². The van der Waals surface area contributed by atoms with Gasteiger partial charge in [-0.2, -0.15) is 0 Å². The van der Waals surface area contributed by atoms with Gasteiger partial charge >= 0.3 is 5.97 Å². The quantitative estimate of drug-likeness (QED) is 0.447. The third-order valence-electron chi connectivity index (χ3n) is 5.90. The summed E-state index contributed by atoms with van der Waals surface area (Å²) < 4.78 is 5.52. The van der Waals surface area contributed by atoms with Gasteiger partial charge in [-0.05, 0) is 43.4 Å². The summed E-state index contributed by atoms with van der Waals surface area (Å²) in [6.07, 6.45) is 1.02. The Hall–Kier alpha value is -3.03. The van der Waals surface area contributed by atoms with E-state index in [1.807, 2.05) is 66.6 Å². The average molecular weight is 510 g/mol. The molecule has 0 radical (unpaired) electrons. The molecule has 0 aliphatic carbocycles. The first-order valence-electron chi connectivity index (χ1n) is 11.7. The number of halogens is 1. The van der Waals surface area contributed by atoms with Gasteiger partial charge in [0.25, 0.3) is 0 Å². The number of benzene rings is 2. The van der Waals surface area contributed by atoms with Crippen LogP contribution in [0.2, 0.25) is 5.02 Å². The fourth-order valence-corrected chi connectivity index (χ4v) is 5.09. The molecular weight excluding hydrogens is 482 g/mol. The van der Waals surface area contributed by atoms with Crippen molar-refractivity contribution < 1.29 is 14.3 Å². The number of esters is 1. The van der Waals surface area contributed by atoms with Crippen LogP contribution < -0.4 is 5.32 Å². The standard InChI is InChI=1S/C27H28ClN3O3S/c1-4-17(3)29-22(32)15-21-16-35-27-30-24(18-9-7-6-8-10-18)23(26(33)34-5-2)25(31(21)27)19-11-13-20(28)14-12-19/h6-14,16-17,25H,4-5,15H2,1-3H3,(H,29,32)/t17-,25+/m1/s1. The lowest BCUT2D eigenvalue weighted by molar-refractivity contribution is -0.139. The fraction of sp³-hybridized carbons (Fsp3) is 0.296. The minimum Gasteiger partial charge on any atom is -0.463 e. The van der Waals surface area contributed by atoms with Crippen LogP contribution in [0, 0.1) is 0 Å². The lowest BCUT2D eigenvalue weighted by Gasteiger charge is -2.37. The summed E-state index contributed by atoms with van der Waals surface area (Å²) in [5.74, 6) is -0.507. The van der Waals surface area contributed by atoms with Crippen molar-refractivity contribution >= 4 is 46.1 Å². The number of nitrogens with one attached hydrogen (secondary N) is 1. The number of hydrogen-bond acceptors (Lipinski definition) is 6. The van der Waals surface area contributed by atoms with E-state index in [9.17, 15) is 9.59 Å². The van der Waals surface area contributed by atoms with Crippen LogP contribution in [0.4, 0.5) is 0 Å². The van der Waals surface area contributed by atoms with E-state index in [4.69, 9.17) is 21.3 Å². The first kappa shape index (κ1) is 25.1. The maximum Gasteiger partial charge on any atom is 0.338 e. The Morgan fingerprint density at radius 3 is 2.51 bits per heavy atom. The van der Waals surface area contributed by atoms with Gasteiger partial charge in [-0.15, -0.1) is 0 Å². The molecule has 2 aromatic rings. The Kier molecular flexibility index (Phi) is 7.98. The molecule has 2 heterocycles. The van der Waals surface area contributed by atoms with Gasteiger partial charge in [-0.1, -0.05) is 72.8 Å². The maximum atomic E-state index is 13.4. The molecule has 0 spiro atoms. The van der Waals surface area contributed by atoms with Crippen LogP contribution in [0.3, 0.4) is 0 Å². The van der Waals surface area contributed by atoms with E-state index in [0.29, 0.717) is 21.5 Å². The summed E-state index contributed by atoms with van der Waals surface area (Å²) in [5.41, 5.74) is 3.46. The SMILES string of the molecule is CCOC(=O)C1=C(c2ccccc2)N=C2SC=C(CC(=O)N[C@H](C)CC)N2[C@H]1c1ccc(Cl)cc1. The van der Waals surface area contributed by atoms with E-state index in [1.54, 1.807) is 19.1 Å². The highest BCUT2D eigenvalue weighted by Crippen LogP contribution is 2.47. The molecule has 2 aliphatic heterocycles. The van der Waals surface area contributed by atoms with Gasteiger partial charge in [-0.25, -0.2) is 9.79 Å². The number of carbonyl (C=O) groups is 2. The minimum absolute atomic E-state index is 0.0715. The maximum absolute atomic E-state index is 13.4. The van der Waals surface area contributed by atoms with E-state index in [2.05, 4.69) is 5.32 Å². The van der Waals surface area contributed by atoms with E-state index in [0.717, 1.165) is 23.2 Å². The van der Waals surface area contributed by atoms with Crippen LogP contribution in [0.15, 0.2) is 76.3 Å². The van der Waals surface area contributed by atoms with Gasteiger partial charge in [0.05, 0.1) is 30.3 Å². The van der Waals surface area contributed by atoms with Gasteiger partial charge < -0.3 is 15.0 Å². The van der Waals surface area contributed by atoms with Gasteiger partial charge in [0.1, 0.15) is 0 Å². The number of amidine groups is 1. The van der Waals surface area contributed by atoms with Crippen molar-refractivity contribution in [3.8, 4) is 0 Å². The highest BCUT2D eigenvalue weighted by molar-refractivity contribution is 8.16. The normalized spacial score (nSPS) is 17.9. The van der Waals surface area contributed by atoms with Crippen LogP contribution >= 0.6 is 23.4 Å². The summed E-state index contributed by atoms with van der Waals surface area (Å²) in [6.45, 7) is 6.03. The molecule has 35 heavy (non-hydrogen) atoms. The van der Waals surface area contributed by atoms with Crippen molar-refractivity contribution in [2.45, 2.75) is 45.7 Å². The molecule has 0 bridgehead atoms. The smallest absolute Gasteiger partial charge is 0.338 e. The number of thioether (sulfide) groups is 1. The zero-order valence-electron chi connectivity index (χ0n) is 20.0. The first-order chi connectivity index (χ1) is 16.9. The molecule has 0 saturated heterocycles. The number of ether oxygens (including phenoxy) is 1. The molecule has 1 amide bonds. The van der Waals surface area contributed by atoms with Gasteiger partial charge in [0.15, 0.2) is 5.17 Å². The van der Waals surface area contributed by atoms with Crippen molar-refractivity contribution in [3.63, 3.8) is 0 Å². The van der Waals surface area contributed by atoms with Crippen LogP contribution in [0.1, 0.15) is 50.8 Å². The molecular formula is C27H28ClN3O3S. The Labute approximate surface area is 215 Å². The van der Waals surface area contributed by atoms with E-state index < -0.39 is 12.0 Å². The largest absolute Gasteiger partial charge is 0.463 e. The third kappa shape index (κ3) is 5.46. The monoisotopic (exact) mass is 509 g/mol. The molecule has 8 heteroatoms. The zero-order valence-corrected chi connectivity index (χ0v) is 21.5. The molecule has 1 N–H and O–H groups in total. The number of amides is 1. The first-order valence-corrected chi connectivity index (χ1v) is 12.9. The lowest BCUT2D eigenvalue weighted by Crippen LogP contribution is -2.39. The summed E-state index contributed by atoms with van der Waals surface area (Å²) in [6, 6.07) is 16.6. The van der Waals surface area contributed by atoms with Crippen LogP contribution in [-0.2, 0) is 14.3 Å². The Bertz CT molecular complexity index is 1190. The van der Waals surface area contributed by atoms with Crippen LogP contribution in [-0.4, -0.2) is 34.6 Å². The Morgan fingerprint density at radius 1 is 1.14 bits per heavy atom. The Morgan fingerprint density at radius 2 is 1.86 bits per heavy atom. The zero-order chi connectivity index (χ0) is 24.9.